The largest absolute Gasteiger partial charge is 0.394 e. The first-order chi connectivity index (χ1) is 13.1. The number of nitro benzene ring substituents is 1. The van der Waals surface area contributed by atoms with Gasteiger partial charge in [0.05, 0.1) is 23.5 Å². The third-order valence-electron chi connectivity index (χ3n) is 4.12. The molecule has 0 aliphatic heterocycles. The van der Waals surface area contributed by atoms with Crippen molar-refractivity contribution in [2.45, 2.75) is 32.7 Å². The summed E-state index contributed by atoms with van der Waals surface area (Å²) in [7, 11) is 0. The van der Waals surface area contributed by atoms with Crippen molar-refractivity contribution in [1.82, 2.24) is 5.32 Å². The zero-order valence-electron chi connectivity index (χ0n) is 16.0. The Hall–Kier alpha value is -3.26. The van der Waals surface area contributed by atoms with Crippen LogP contribution in [0, 0.1) is 17.0 Å². The molecule has 8 nitrogen and oxygen atoms in total. The van der Waals surface area contributed by atoms with E-state index in [1.54, 1.807) is 45.0 Å². The van der Waals surface area contributed by atoms with Crippen LogP contribution in [0.25, 0.3) is 0 Å². The molecule has 0 saturated carbocycles. The van der Waals surface area contributed by atoms with E-state index in [9.17, 15) is 24.8 Å². The molecule has 3 N–H and O–H groups in total. The lowest BCUT2D eigenvalue weighted by molar-refractivity contribution is -0.385. The summed E-state index contributed by atoms with van der Waals surface area (Å²) in [5.74, 6) is -0.680. The summed E-state index contributed by atoms with van der Waals surface area (Å²) >= 11 is 0. The van der Waals surface area contributed by atoms with Gasteiger partial charge in [0.15, 0.2) is 0 Å². The Bertz CT molecular complexity index is 891. The summed E-state index contributed by atoms with van der Waals surface area (Å²) < 4.78 is 0. The van der Waals surface area contributed by atoms with Crippen LogP contribution in [0.15, 0.2) is 42.5 Å². The van der Waals surface area contributed by atoms with Crippen LogP contribution in [-0.2, 0) is 11.2 Å². The van der Waals surface area contributed by atoms with Gasteiger partial charge in [-0.1, -0.05) is 18.2 Å². The number of nitrogens with one attached hydrogen (secondary N) is 2. The molecule has 0 radical (unpaired) electrons. The number of aliphatic hydroxyl groups excluding tert-OH is 1. The number of aryl methyl sites for hydroxylation is 1. The maximum Gasteiger partial charge on any atom is 0.273 e. The van der Waals surface area contributed by atoms with Crippen molar-refractivity contribution < 1.29 is 19.6 Å². The van der Waals surface area contributed by atoms with E-state index in [-0.39, 0.29) is 30.2 Å². The van der Waals surface area contributed by atoms with Crippen LogP contribution in [0.4, 0.5) is 11.4 Å². The Kier molecular flexibility index (Phi) is 6.48. The number of anilines is 1. The van der Waals surface area contributed by atoms with Crippen molar-refractivity contribution in [3.05, 3.63) is 69.3 Å². The molecule has 8 heteroatoms. The third-order valence-corrected chi connectivity index (χ3v) is 4.12. The molecule has 0 heterocycles. The molecule has 2 amide bonds. The quantitative estimate of drug-likeness (QED) is 0.499. The maximum absolute atomic E-state index is 12.3. The van der Waals surface area contributed by atoms with E-state index in [0.717, 1.165) is 5.56 Å². The van der Waals surface area contributed by atoms with Gasteiger partial charge in [0.2, 0.25) is 5.91 Å². The second-order valence-corrected chi connectivity index (χ2v) is 7.18. The molecule has 28 heavy (non-hydrogen) atoms. The molecular weight excluding hydrogens is 362 g/mol. The molecule has 2 aromatic carbocycles. The van der Waals surface area contributed by atoms with Gasteiger partial charge in [0.25, 0.3) is 11.6 Å². The smallest absolute Gasteiger partial charge is 0.273 e. The first kappa shape index (κ1) is 21.0. The van der Waals surface area contributed by atoms with E-state index in [1.807, 2.05) is 0 Å². The van der Waals surface area contributed by atoms with Crippen molar-refractivity contribution in [2.75, 3.05) is 11.9 Å². The van der Waals surface area contributed by atoms with Gasteiger partial charge in [-0.25, -0.2) is 0 Å². The van der Waals surface area contributed by atoms with Crippen LogP contribution >= 0.6 is 0 Å². The van der Waals surface area contributed by atoms with Crippen molar-refractivity contribution in [3.8, 4) is 0 Å². The van der Waals surface area contributed by atoms with Gasteiger partial charge in [-0.05, 0) is 44.5 Å². The van der Waals surface area contributed by atoms with E-state index in [1.165, 1.54) is 18.2 Å². The molecule has 2 aromatic rings. The van der Waals surface area contributed by atoms with E-state index in [2.05, 4.69) is 10.6 Å². The second kappa shape index (κ2) is 8.62. The second-order valence-electron chi connectivity index (χ2n) is 7.18. The Balaban J connectivity index is 2.02. The molecule has 0 unspecified atom stereocenters. The molecule has 0 aromatic heterocycles. The van der Waals surface area contributed by atoms with Crippen LogP contribution in [0.2, 0.25) is 0 Å². The number of carbonyl (C=O) groups excluding carboxylic acids is 2. The molecule has 0 fully saturated rings. The molecule has 148 valence electrons. The Morgan fingerprint density at radius 2 is 1.79 bits per heavy atom. The molecule has 0 aliphatic rings. The molecule has 0 spiro atoms. The topological polar surface area (TPSA) is 122 Å². The van der Waals surface area contributed by atoms with E-state index < -0.39 is 16.4 Å². The van der Waals surface area contributed by atoms with Gasteiger partial charge in [-0.3, -0.25) is 19.7 Å². The van der Waals surface area contributed by atoms with Crippen molar-refractivity contribution in [3.63, 3.8) is 0 Å². The Labute approximate surface area is 162 Å². The third kappa shape index (κ3) is 5.62. The minimum absolute atomic E-state index is 0.111. The van der Waals surface area contributed by atoms with Crippen molar-refractivity contribution in [2.24, 2.45) is 0 Å². The number of nitrogens with zero attached hydrogens (tertiary/aromatic N) is 1. The number of benzene rings is 2. The van der Waals surface area contributed by atoms with Gasteiger partial charge >= 0.3 is 0 Å². The zero-order chi connectivity index (χ0) is 20.9. The standard InChI is InChI=1S/C20H23N3O5/c1-13-4-7-15(11-17(13)23(27)28)19(26)21-16-8-5-14(6-9-16)10-18(25)22-20(2,3)12-24/h4-9,11,24H,10,12H2,1-3H3,(H,21,26)(H,22,25). The monoisotopic (exact) mass is 385 g/mol. The molecule has 0 aliphatic carbocycles. The summed E-state index contributed by atoms with van der Waals surface area (Å²) in [6.45, 7) is 4.88. The summed E-state index contributed by atoms with van der Waals surface area (Å²) in [6, 6.07) is 11.0. The number of rotatable bonds is 7. The summed E-state index contributed by atoms with van der Waals surface area (Å²) in [5, 5.41) is 25.6. The lowest BCUT2D eigenvalue weighted by Crippen LogP contribution is -2.46. The van der Waals surface area contributed by atoms with Gasteiger partial charge in [-0.2, -0.15) is 0 Å². The molecule has 2 rings (SSSR count). The number of aliphatic hydroxyl groups is 1. The van der Waals surface area contributed by atoms with Crippen molar-refractivity contribution in [1.29, 1.82) is 0 Å². The first-order valence-electron chi connectivity index (χ1n) is 8.68. The highest BCUT2D eigenvalue weighted by Crippen LogP contribution is 2.20. The molecule has 0 saturated heterocycles. The number of nitro groups is 1. The van der Waals surface area contributed by atoms with E-state index >= 15 is 0 Å². The van der Waals surface area contributed by atoms with E-state index in [4.69, 9.17) is 0 Å². The number of carbonyl (C=O) groups is 2. The average Bonchev–Trinajstić information content (AvgIpc) is 2.63. The fourth-order valence-electron chi connectivity index (χ4n) is 2.50. The first-order valence-corrected chi connectivity index (χ1v) is 8.68. The van der Waals surface area contributed by atoms with E-state index in [0.29, 0.717) is 11.3 Å². The highest BCUT2D eigenvalue weighted by Gasteiger charge is 2.19. The number of amides is 2. The molecular formula is C20H23N3O5. The van der Waals surface area contributed by atoms with Crippen LogP contribution in [-0.4, -0.2) is 34.0 Å². The number of hydrogen-bond donors (Lipinski definition) is 3. The van der Waals surface area contributed by atoms with Gasteiger partial charge in [0.1, 0.15) is 0 Å². The van der Waals surface area contributed by atoms with Crippen LogP contribution in [0.3, 0.4) is 0 Å². The lowest BCUT2D eigenvalue weighted by atomic mass is 10.1. The normalized spacial score (nSPS) is 11.0. The Morgan fingerprint density at radius 1 is 1.14 bits per heavy atom. The van der Waals surface area contributed by atoms with Crippen molar-refractivity contribution >= 4 is 23.2 Å². The summed E-state index contributed by atoms with van der Waals surface area (Å²) in [5.41, 5.74) is 1.12. The van der Waals surface area contributed by atoms with Gasteiger partial charge in [-0.15, -0.1) is 0 Å². The number of hydrogen-bond acceptors (Lipinski definition) is 5. The fraction of sp³-hybridized carbons (Fsp3) is 0.300. The maximum atomic E-state index is 12.3. The fourth-order valence-corrected chi connectivity index (χ4v) is 2.50. The SMILES string of the molecule is Cc1ccc(C(=O)Nc2ccc(CC(=O)NC(C)(C)CO)cc2)cc1[N+](=O)[O-]. The average molecular weight is 385 g/mol. The lowest BCUT2D eigenvalue weighted by Gasteiger charge is -2.23. The zero-order valence-corrected chi connectivity index (χ0v) is 16.0. The molecule has 0 bridgehead atoms. The molecule has 0 atom stereocenters. The summed E-state index contributed by atoms with van der Waals surface area (Å²) in [4.78, 5) is 34.8. The van der Waals surface area contributed by atoms with Crippen LogP contribution in [0.1, 0.15) is 35.3 Å². The minimum atomic E-state index is -0.693. The highest BCUT2D eigenvalue weighted by atomic mass is 16.6. The minimum Gasteiger partial charge on any atom is -0.394 e. The van der Waals surface area contributed by atoms with Gasteiger partial charge < -0.3 is 15.7 Å². The van der Waals surface area contributed by atoms with Gasteiger partial charge in [0, 0.05) is 22.9 Å². The predicted molar refractivity (Wildman–Crippen MR) is 105 cm³/mol. The highest BCUT2D eigenvalue weighted by molar-refractivity contribution is 6.04. The predicted octanol–water partition coefficient (Wildman–Crippen LogP) is 2.59. The van der Waals surface area contributed by atoms with Crippen LogP contribution < -0.4 is 10.6 Å². The van der Waals surface area contributed by atoms with Crippen LogP contribution in [0.5, 0.6) is 0 Å². The Morgan fingerprint density at radius 3 is 2.36 bits per heavy atom. The summed E-state index contributed by atoms with van der Waals surface area (Å²) in [6.07, 6.45) is 0.141.